The molecule has 0 aromatic carbocycles. The number of hydrogen-bond donors (Lipinski definition) is 1. The summed E-state index contributed by atoms with van der Waals surface area (Å²) in [6.07, 6.45) is 2.34. The zero-order valence-electron chi connectivity index (χ0n) is 7.01. The van der Waals surface area contributed by atoms with Crippen LogP contribution < -0.4 is 5.73 Å². The smallest absolute Gasteiger partial charge is 0.322 e. The maximum Gasteiger partial charge on any atom is 0.322 e. The molecule has 62 valence electrons. The van der Waals surface area contributed by atoms with E-state index in [1.807, 2.05) is 0 Å². The molecule has 0 aromatic rings. The summed E-state index contributed by atoms with van der Waals surface area (Å²) in [6.45, 7) is 3.64. The van der Waals surface area contributed by atoms with Crippen molar-refractivity contribution in [2.75, 3.05) is 7.11 Å². The number of rotatable bonds is 4. The van der Waals surface area contributed by atoms with Gasteiger partial charge in [0.25, 0.3) is 0 Å². The van der Waals surface area contributed by atoms with Gasteiger partial charge in [-0.3, -0.25) is 4.79 Å². The Morgan fingerprint density at radius 3 is 2.64 bits per heavy atom. The minimum Gasteiger partial charge on any atom is -0.468 e. The molecule has 4 heteroatoms. The average molecular weight is 210 g/mol. The summed E-state index contributed by atoms with van der Waals surface area (Å²) < 4.78 is 4.42. The molecule has 0 aliphatic rings. The summed E-state index contributed by atoms with van der Waals surface area (Å²) in [5.74, 6) is -0.339. The molecule has 1 atom stereocenters. The Hall–Kier alpha value is 0.0534. The molecule has 0 bridgehead atoms. The van der Waals surface area contributed by atoms with E-state index in [0.717, 1.165) is 12.8 Å². The first kappa shape index (κ1) is 13.6. The van der Waals surface area contributed by atoms with E-state index in [4.69, 9.17) is 5.73 Å². The molecule has 1 unspecified atom stereocenters. The van der Waals surface area contributed by atoms with Crippen molar-refractivity contribution in [2.45, 2.75) is 25.3 Å². The second-order valence-electron chi connectivity index (χ2n) is 2.13. The van der Waals surface area contributed by atoms with Gasteiger partial charge >= 0.3 is 5.97 Å². The maximum absolute atomic E-state index is 10.7. The van der Waals surface area contributed by atoms with E-state index in [0.29, 0.717) is 6.42 Å². The van der Waals surface area contributed by atoms with Gasteiger partial charge in [0.05, 0.1) is 7.11 Å². The summed E-state index contributed by atoms with van der Waals surface area (Å²) in [4.78, 5) is 10.7. The van der Waals surface area contributed by atoms with E-state index in [9.17, 15) is 4.79 Å². The molecular formula is C7H14NO2Zn-. The molecule has 2 N–H and O–H groups in total. The first-order valence-corrected chi connectivity index (χ1v) is 3.35. The Morgan fingerprint density at radius 2 is 2.27 bits per heavy atom. The first-order chi connectivity index (χ1) is 4.72. The van der Waals surface area contributed by atoms with Gasteiger partial charge in [-0.05, 0) is 6.42 Å². The van der Waals surface area contributed by atoms with Crippen LogP contribution in [0.2, 0.25) is 0 Å². The second kappa shape index (κ2) is 8.15. The quantitative estimate of drug-likeness (QED) is 0.417. The summed E-state index contributed by atoms with van der Waals surface area (Å²) in [5.41, 5.74) is 5.41. The second-order valence-corrected chi connectivity index (χ2v) is 2.13. The molecule has 0 saturated carbocycles. The molecule has 0 radical (unpaired) electrons. The van der Waals surface area contributed by atoms with E-state index in [1.54, 1.807) is 0 Å². The van der Waals surface area contributed by atoms with Gasteiger partial charge < -0.3 is 17.4 Å². The largest absolute Gasteiger partial charge is 0.468 e. The van der Waals surface area contributed by atoms with Gasteiger partial charge in [0.15, 0.2) is 0 Å². The van der Waals surface area contributed by atoms with Crippen molar-refractivity contribution in [3.63, 3.8) is 0 Å². The van der Waals surface area contributed by atoms with Crippen LogP contribution in [-0.4, -0.2) is 19.1 Å². The number of carbonyl (C=O) groups is 1. The molecule has 0 aliphatic heterocycles. The third-order valence-electron chi connectivity index (χ3n) is 1.27. The summed E-state index contributed by atoms with van der Waals surface area (Å²) in [5, 5.41) is 0. The molecule has 0 spiro atoms. The van der Waals surface area contributed by atoms with Crippen LogP contribution in [0.4, 0.5) is 0 Å². The van der Waals surface area contributed by atoms with E-state index >= 15 is 0 Å². The Morgan fingerprint density at radius 1 is 1.73 bits per heavy atom. The molecule has 3 nitrogen and oxygen atoms in total. The predicted molar refractivity (Wildman–Crippen MR) is 39.2 cm³/mol. The Labute approximate surface area is 80.4 Å². The van der Waals surface area contributed by atoms with Crippen molar-refractivity contribution in [1.29, 1.82) is 0 Å². The number of carbonyl (C=O) groups excluding carboxylic acids is 1. The van der Waals surface area contributed by atoms with Crippen molar-refractivity contribution >= 4 is 5.97 Å². The minimum atomic E-state index is -0.466. The van der Waals surface area contributed by atoms with Crippen LogP contribution in [0, 0.1) is 6.92 Å². The summed E-state index contributed by atoms with van der Waals surface area (Å²) in [7, 11) is 1.34. The van der Waals surface area contributed by atoms with Crippen molar-refractivity contribution in [1.82, 2.24) is 0 Å². The van der Waals surface area contributed by atoms with Crippen LogP contribution in [-0.2, 0) is 29.0 Å². The number of ether oxygens (including phenoxy) is 1. The summed E-state index contributed by atoms with van der Waals surface area (Å²) >= 11 is 0. The van der Waals surface area contributed by atoms with Crippen molar-refractivity contribution < 1.29 is 29.0 Å². The van der Waals surface area contributed by atoms with Crippen molar-refractivity contribution in [2.24, 2.45) is 5.73 Å². The Kier molecular flexibility index (Phi) is 10.1. The van der Waals surface area contributed by atoms with Crippen LogP contribution in [0.1, 0.15) is 19.3 Å². The van der Waals surface area contributed by atoms with E-state index in [1.165, 1.54) is 7.11 Å². The average Bonchev–Trinajstić information content (AvgIpc) is 1.98. The van der Waals surface area contributed by atoms with Crippen LogP contribution in [0.5, 0.6) is 0 Å². The van der Waals surface area contributed by atoms with Gasteiger partial charge in [-0.1, -0.05) is 6.42 Å². The van der Waals surface area contributed by atoms with Gasteiger partial charge in [0, 0.05) is 19.5 Å². The van der Waals surface area contributed by atoms with Gasteiger partial charge in [-0.25, -0.2) is 0 Å². The SMILES string of the molecule is [CH2-]CCCC(N)C(=O)OC.[Zn]. The van der Waals surface area contributed by atoms with Crippen LogP contribution in [0.15, 0.2) is 0 Å². The number of nitrogens with two attached hydrogens (primary N) is 1. The Bertz CT molecular complexity index is 109. The fraction of sp³-hybridized carbons (Fsp3) is 0.714. The van der Waals surface area contributed by atoms with E-state index < -0.39 is 6.04 Å². The number of hydrogen-bond acceptors (Lipinski definition) is 3. The zero-order valence-corrected chi connectivity index (χ0v) is 9.97. The van der Waals surface area contributed by atoms with Gasteiger partial charge in [-0.15, -0.1) is 0 Å². The monoisotopic (exact) mass is 208 g/mol. The molecular weight excluding hydrogens is 195 g/mol. The molecule has 11 heavy (non-hydrogen) atoms. The van der Waals surface area contributed by atoms with E-state index in [2.05, 4.69) is 11.7 Å². The fourth-order valence-electron chi connectivity index (χ4n) is 0.633. The molecule has 0 heterocycles. The van der Waals surface area contributed by atoms with Crippen molar-refractivity contribution in [3.05, 3.63) is 6.92 Å². The minimum absolute atomic E-state index is 0. The van der Waals surface area contributed by atoms with Crippen LogP contribution in [0.3, 0.4) is 0 Å². The van der Waals surface area contributed by atoms with Gasteiger partial charge in [0.2, 0.25) is 0 Å². The van der Waals surface area contributed by atoms with Gasteiger partial charge in [-0.2, -0.15) is 6.42 Å². The molecule has 0 saturated heterocycles. The normalized spacial score (nSPS) is 11.5. The molecule has 0 amide bonds. The van der Waals surface area contributed by atoms with Gasteiger partial charge in [0.1, 0.15) is 6.04 Å². The standard InChI is InChI=1S/C7H14NO2.Zn/c1-3-4-5-6(8)7(9)10-2;/h6H,1,3-5,8H2,2H3;/q-1;. The topological polar surface area (TPSA) is 52.3 Å². The molecule has 0 aromatic heterocycles. The third kappa shape index (κ3) is 6.45. The molecule has 0 rings (SSSR count). The zero-order chi connectivity index (χ0) is 7.98. The molecule has 0 aliphatic carbocycles. The molecule has 0 fully saturated rings. The third-order valence-corrected chi connectivity index (χ3v) is 1.27. The van der Waals surface area contributed by atoms with E-state index in [-0.39, 0.29) is 25.4 Å². The van der Waals surface area contributed by atoms with Crippen LogP contribution in [0.25, 0.3) is 0 Å². The number of methoxy groups -OCH3 is 1. The van der Waals surface area contributed by atoms with Crippen LogP contribution >= 0.6 is 0 Å². The number of unbranched alkanes of at least 4 members (excludes halogenated alkanes) is 1. The first-order valence-electron chi connectivity index (χ1n) is 3.35. The number of esters is 1. The fourth-order valence-corrected chi connectivity index (χ4v) is 0.633. The summed E-state index contributed by atoms with van der Waals surface area (Å²) in [6, 6.07) is -0.466. The Balaban J connectivity index is 0. The van der Waals surface area contributed by atoms with Crippen molar-refractivity contribution in [3.8, 4) is 0 Å². The maximum atomic E-state index is 10.7. The predicted octanol–water partition coefficient (Wildman–Crippen LogP) is 0.489.